The van der Waals surface area contributed by atoms with Crippen LogP contribution in [0.4, 0.5) is 0 Å². The maximum atomic E-state index is 4.40. The van der Waals surface area contributed by atoms with Gasteiger partial charge in [0.2, 0.25) is 0 Å². The second kappa shape index (κ2) is 9.53. The van der Waals surface area contributed by atoms with E-state index in [-0.39, 0.29) is 0 Å². The van der Waals surface area contributed by atoms with Crippen LogP contribution in [0, 0.1) is 5.92 Å². The largest absolute Gasteiger partial charge is 0.305 e. The molecule has 0 aromatic carbocycles. The van der Waals surface area contributed by atoms with Crippen LogP contribution in [-0.4, -0.2) is 30.3 Å². The molecule has 0 aromatic rings. The first-order valence-electron chi connectivity index (χ1n) is 6.39. The molecule has 0 fully saturated rings. The second-order valence-electron chi connectivity index (χ2n) is 5.21. The molecular weight excluding hydrogens is 202 g/mol. The normalized spacial score (nSPS) is 13.8. The van der Waals surface area contributed by atoms with Crippen molar-refractivity contribution in [1.82, 2.24) is 4.90 Å². The van der Waals surface area contributed by atoms with Crippen molar-refractivity contribution >= 4 is 12.6 Å². The summed E-state index contributed by atoms with van der Waals surface area (Å²) >= 11 is 4.40. The molecule has 92 valence electrons. The maximum Gasteiger partial charge on any atom is 0.0116 e. The van der Waals surface area contributed by atoms with Gasteiger partial charge in [-0.1, -0.05) is 46.5 Å². The summed E-state index contributed by atoms with van der Waals surface area (Å²) in [5.74, 6) is 0.873. The smallest absolute Gasteiger partial charge is 0.0116 e. The van der Waals surface area contributed by atoms with Gasteiger partial charge in [0.05, 0.1) is 0 Å². The van der Waals surface area contributed by atoms with E-state index in [9.17, 15) is 0 Å². The highest BCUT2D eigenvalue weighted by Gasteiger charge is 2.01. The van der Waals surface area contributed by atoms with Crippen molar-refractivity contribution in [2.75, 3.05) is 20.1 Å². The van der Waals surface area contributed by atoms with E-state index < -0.39 is 0 Å². The van der Waals surface area contributed by atoms with Crippen LogP contribution < -0.4 is 0 Å². The van der Waals surface area contributed by atoms with Crippen LogP contribution in [0.2, 0.25) is 0 Å². The fraction of sp³-hybridized carbons (Fsp3) is 1.00. The lowest BCUT2D eigenvalue weighted by Crippen LogP contribution is -2.25. The molecule has 0 amide bonds. The molecule has 1 nitrogen and oxygen atoms in total. The van der Waals surface area contributed by atoms with E-state index in [0.29, 0.717) is 5.25 Å². The Bertz CT molecular complexity index is 134. The third-order valence-electron chi connectivity index (χ3n) is 2.65. The zero-order valence-electron chi connectivity index (χ0n) is 11.0. The first kappa shape index (κ1) is 15.3. The van der Waals surface area contributed by atoms with Gasteiger partial charge in [-0.05, 0) is 25.9 Å². The molecule has 0 aliphatic heterocycles. The first-order chi connectivity index (χ1) is 7.02. The van der Waals surface area contributed by atoms with E-state index in [2.05, 4.69) is 45.3 Å². The molecule has 0 spiro atoms. The van der Waals surface area contributed by atoms with Gasteiger partial charge in [-0.15, -0.1) is 0 Å². The third-order valence-corrected chi connectivity index (χ3v) is 2.81. The van der Waals surface area contributed by atoms with Crippen molar-refractivity contribution in [2.45, 2.75) is 58.1 Å². The fourth-order valence-electron chi connectivity index (χ4n) is 1.83. The zero-order chi connectivity index (χ0) is 11.7. The van der Waals surface area contributed by atoms with E-state index in [1.54, 1.807) is 0 Å². The Labute approximate surface area is 102 Å². The van der Waals surface area contributed by atoms with Gasteiger partial charge in [-0.25, -0.2) is 0 Å². The van der Waals surface area contributed by atoms with Crippen LogP contribution >= 0.6 is 12.6 Å². The summed E-state index contributed by atoms with van der Waals surface area (Å²) in [6.07, 6.45) is 6.93. The highest BCUT2D eigenvalue weighted by molar-refractivity contribution is 7.80. The van der Waals surface area contributed by atoms with Crippen LogP contribution in [0.1, 0.15) is 52.9 Å². The van der Waals surface area contributed by atoms with Gasteiger partial charge in [0.25, 0.3) is 0 Å². The Morgan fingerprint density at radius 2 is 1.60 bits per heavy atom. The van der Waals surface area contributed by atoms with E-state index in [1.807, 2.05) is 0 Å². The van der Waals surface area contributed by atoms with Gasteiger partial charge in [-0.3, -0.25) is 0 Å². The van der Waals surface area contributed by atoms with Crippen molar-refractivity contribution in [3.63, 3.8) is 0 Å². The van der Waals surface area contributed by atoms with Crippen LogP contribution in [-0.2, 0) is 0 Å². The second-order valence-corrected chi connectivity index (χ2v) is 6.09. The third kappa shape index (κ3) is 12.2. The molecule has 0 rings (SSSR count). The molecule has 0 bridgehead atoms. The number of nitrogens with zero attached hydrogens (tertiary/aromatic N) is 1. The molecule has 2 heteroatoms. The van der Waals surface area contributed by atoms with E-state index >= 15 is 0 Å². The highest BCUT2D eigenvalue weighted by atomic mass is 32.1. The molecule has 0 heterocycles. The Kier molecular flexibility index (Phi) is 9.73. The lowest BCUT2D eigenvalue weighted by molar-refractivity contribution is 0.327. The van der Waals surface area contributed by atoms with Gasteiger partial charge in [0.15, 0.2) is 0 Å². The van der Waals surface area contributed by atoms with Crippen LogP contribution in [0.25, 0.3) is 0 Å². The monoisotopic (exact) mass is 231 g/mol. The van der Waals surface area contributed by atoms with Crippen molar-refractivity contribution in [2.24, 2.45) is 5.92 Å². The Balaban J connectivity index is 3.16. The molecule has 0 saturated heterocycles. The summed E-state index contributed by atoms with van der Waals surface area (Å²) in [5, 5.41) is 0.496. The Hall–Kier alpha value is 0.310. The molecule has 0 aliphatic carbocycles. The number of hydrogen-bond acceptors (Lipinski definition) is 2. The minimum absolute atomic E-state index is 0.496. The fourth-order valence-corrected chi connectivity index (χ4v) is 2.11. The minimum Gasteiger partial charge on any atom is -0.305 e. The maximum absolute atomic E-state index is 4.40. The summed E-state index contributed by atoms with van der Waals surface area (Å²) in [7, 11) is 2.20. The van der Waals surface area contributed by atoms with Crippen LogP contribution in [0.5, 0.6) is 0 Å². The Morgan fingerprint density at radius 3 is 2.13 bits per heavy atom. The quantitative estimate of drug-likeness (QED) is 0.466. The molecule has 1 unspecified atom stereocenters. The van der Waals surface area contributed by atoms with E-state index in [0.717, 1.165) is 12.5 Å². The minimum atomic E-state index is 0.496. The van der Waals surface area contributed by atoms with Crippen molar-refractivity contribution in [3.05, 3.63) is 0 Å². The average molecular weight is 231 g/mol. The van der Waals surface area contributed by atoms with E-state index in [4.69, 9.17) is 0 Å². The number of rotatable bonds is 9. The zero-order valence-corrected chi connectivity index (χ0v) is 11.9. The van der Waals surface area contributed by atoms with Crippen LogP contribution in [0.3, 0.4) is 0 Å². The van der Waals surface area contributed by atoms with E-state index in [1.165, 1.54) is 38.6 Å². The Morgan fingerprint density at radius 1 is 1.00 bits per heavy atom. The molecule has 0 aromatic heterocycles. The molecule has 1 atom stereocenters. The van der Waals surface area contributed by atoms with Crippen molar-refractivity contribution in [3.8, 4) is 0 Å². The molecule has 0 aliphatic rings. The summed E-state index contributed by atoms with van der Waals surface area (Å²) in [6, 6.07) is 0. The SMILES string of the molecule is CC(C)CCCCCCN(C)CC(C)S. The number of thiol groups is 1. The average Bonchev–Trinajstić information content (AvgIpc) is 2.09. The van der Waals surface area contributed by atoms with Gasteiger partial charge in [-0.2, -0.15) is 12.6 Å². The van der Waals surface area contributed by atoms with Gasteiger partial charge >= 0.3 is 0 Å². The molecule has 0 N–H and O–H groups in total. The molecule has 0 saturated carbocycles. The summed E-state index contributed by atoms with van der Waals surface area (Å²) in [6.45, 7) is 9.10. The van der Waals surface area contributed by atoms with Gasteiger partial charge in [0.1, 0.15) is 0 Å². The lowest BCUT2D eigenvalue weighted by atomic mass is 10.0. The predicted octanol–water partition coefficient (Wildman–Crippen LogP) is 3.84. The number of hydrogen-bond donors (Lipinski definition) is 1. The summed E-state index contributed by atoms with van der Waals surface area (Å²) in [5.41, 5.74) is 0. The standard InChI is InChI=1S/C13H29NS/c1-12(2)9-7-5-6-8-10-14(4)11-13(3)15/h12-13,15H,5-11H2,1-4H3. The molecular formula is C13H29NS. The highest BCUT2D eigenvalue weighted by Crippen LogP contribution is 2.09. The lowest BCUT2D eigenvalue weighted by Gasteiger charge is -2.18. The molecule has 0 radical (unpaired) electrons. The van der Waals surface area contributed by atoms with Crippen molar-refractivity contribution < 1.29 is 0 Å². The van der Waals surface area contributed by atoms with Crippen LogP contribution in [0.15, 0.2) is 0 Å². The van der Waals surface area contributed by atoms with Gasteiger partial charge < -0.3 is 4.90 Å². The first-order valence-corrected chi connectivity index (χ1v) is 6.90. The summed E-state index contributed by atoms with van der Waals surface area (Å²) in [4.78, 5) is 2.39. The van der Waals surface area contributed by atoms with Crippen molar-refractivity contribution in [1.29, 1.82) is 0 Å². The predicted molar refractivity (Wildman–Crippen MR) is 73.9 cm³/mol. The molecule has 15 heavy (non-hydrogen) atoms. The summed E-state index contributed by atoms with van der Waals surface area (Å²) < 4.78 is 0. The number of unbranched alkanes of at least 4 members (excludes halogenated alkanes) is 3. The topological polar surface area (TPSA) is 3.24 Å². The van der Waals surface area contributed by atoms with Gasteiger partial charge in [0, 0.05) is 11.8 Å².